The SMILES string of the molecule is COc1nn(C(C)C(=O)Nc2ccc(OC(F)F)cc2C)cc1[N+](=O)[O-]. The highest BCUT2D eigenvalue weighted by molar-refractivity contribution is 5.94. The Morgan fingerprint density at radius 1 is 1.42 bits per heavy atom. The van der Waals surface area contributed by atoms with Crippen LogP contribution in [0.1, 0.15) is 18.5 Å². The molecule has 0 saturated carbocycles. The van der Waals surface area contributed by atoms with Gasteiger partial charge in [-0.15, -0.1) is 5.10 Å². The number of ether oxygens (including phenoxy) is 2. The van der Waals surface area contributed by atoms with Crippen LogP contribution >= 0.6 is 0 Å². The van der Waals surface area contributed by atoms with Crippen LogP contribution in [0, 0.1) is 17.0 Å². The highest BCUT2D eigenvalue weighted by Gasteiger charge is 2.25. The van der Waals surface area contributed by atoms with Crippen molar-refractivity contribution in [1.82, 2.24) is 9.78 Å². The standard InChI is InChI=1S/C15H16F2N4O5/c1-8-6-10(26-15(16)17)4-5-11(8)18-13(22)9(2)20-7-12(21(23)24)14(19-20)25-3/h4-7,9,15H,1-3H3,(H,18,22). The first-order valence-corrected chi connectivity index (χ1v) is 7.36. The maximum atomic E-state index is 12.4. The molecular formula is C15H16F2N4O5. The minimum atomic E-state index is -2.94. The third-order valence-electron chi connectivity index (χ3n) is 3.53. The van der Waals surface area contributed by atoms with E-state index in [2.05, 4.69) is 15.2 Å². The van der Waals surface area contributed by atoms with Crippen molar-refractivity contribution in [2.75, 3.05) is 12.4 Å². The largest absolute Gasteiger partial charge is 0.475 e. The molecule has 0 saturated heterocycles. The van der Waals surface area contributed by atoms with Crippen molar-refractivity contribution in [2.45, 2.75) is 26.5 Å². The predicted molar refractivity (Wildman–Crippen MR) is 86.6 cm³/mol. The van der Waals surface area contributed by atoms with Gasteiger partial charge in [0, 0.05) is 5.69 Å². The summed E-state index contributed by atoms with van der Waals surface area (Å²) in [5.41, 5.74) is 0.529. The van der Waals surface area contributed by atoms with Crippen LogP contribution in [0.5, 0.6) is 11.6 Å². The lowest BCUT2D eigenvalue weighted by molar-refractivity contribution is -0.385. The summed E-state index contributed by atoms with van der Waals surface area (Å²) in [7, 11) is 1.23. The molecule has 140 valence electrons. The van der Waals surface area contributed by atoms with Crippen LogP contribution in [-0.4, -0.2) is 34.3 Å². The number of anilines is 1. The molecule has 0 fully saturated rings. The summed E-state index contributed by atoms with van der Waals surface area (Å²) in [5.74, 6) is -0.744. The van der Waals surface area contributed by atoms with Gasteiger partial charge in [-0.25, -0.2) is 4.68 Å². The molecule has 0 bridgehead atoms. The second-order valence-corrected chi connectivity index (χ2v) is 5.28. The van der Waals surface area contributed by atoms with E-state index in [0.717, 1.165) is 10.9 Å². The summed E-state index contributed by atoms with van der Waals surface area (Å²) in [4.78, 5) is 22.6. The van der Waals surface area contributed by atoms with Gasteiger partial charge < -0.3 is 14.8 Å². The number of hydrogen-bond acceptors (Lipinski definition) is 6. The maximum absolute atomic E-state index is 12.4. The van der Waals surface area contributed by atoms with Gasteiger partial charge in [-0.3, -0.25) is 14.9 Å². The fourth-order valence-corrected chi connectivity index (χ4v) is 2.14. The summed E-state index contributed by atoms with van der Waals surface area (Å²) < 4.78 is 34.6. The molecule has 0 aliphatic rings. The van der Waals surface area contributed by atoms with Gasteiger partial charge in [-0.1, -0.05) is 0 Å². The van der Waals surface area contributed by atoms with Gasteiger partial charge in [-0.2, -0.15) is 8.78 Å². The average molecular weight is 370 g/mol. The predicted octanol–water partition coefficient (Wildman–Crippen LogP) is 2.91. The summed E-state index contributed by atoms with van der Waals surface area (Å²) in [6.07, 6.45) is 1.09. The van der Waals surface area contributed by atoms with E-state index in [1.165, 1.54) is 32.2 Å². The molecule has 11 heteroatoms. The van der Waals surface area contributed by atoms with Gasteiger partial charge in [0.25, 0.3) is 0 Å². The van der Waals surface area contributed by atoms with Gasteiger partial charge in [0.1, 0.15) is 18.0 Å². The maximum Gasteiger partial charge on any atom is 0.387 e. The first-order valence-electron chi connectivity index (χ1n) is 7.36. The minimum Gasteiger partial charge on any atom is -0.475 e. The Morgan fingerprint density at radius 2 is 2.12 bits per heavy atom. The van der Waals surface area contributed by atoms with E-state index in [-0.39, 0.29) is 17.3 Å². The fraction of sp³-hybridized carbons (Fsp3) is 0.333. The Labute approximate surface area is 146 Å². The number of hydrogen-bond donors (Lipinski definition) is 1. The number of aryl methyl sites for hydroxylation is 1. The number of nitro groups is 1. The third kappa shape index (κ3) is 4.23. The molecule has 1 N–H and O–H groups in total. The molecule has 9 nitrogen and oxygen atoms in total. The second kappa shape index (κ2) is 7.76. The van der Waals surface area contributed by atoms with Crippen molar-refractivity contribution in [1.29, 1.82) is 0 Å². The zero-order valence-corrected chi connectivity index (χ0v) is 14.1. The second-order valence-electron chi connectivity index (χ2n) is 5.28. The number of benzene rings is 1. The van der Waals surface area contributed by atoms with Gasteiger partial charge in [0.2, 0.25) is 5.91 Å². The Bertz CT molecular complexity index is 824. The molecule has 1 heterocycles. The van der Waals surface area contributed by atoms with Gasteiger partial charge >= 0.3 is 18.2 Å². The number of rotatable bonds is 7. The molecule has 0 radical (unpaired) electrons. The van der Waals surface area contributed by atoms with E-state index in [1.54, 1.807) is 6.92 Å². The third-order valence-corrected chi connectivity index (χ3v) is 3.53. The van der Waals surface area contributed by atoms with Crippen molar-refractivity contribution in [3.05, 3.63) is 40.1 Å². The lowest BCUT2D eigenvalue weighted by atomic mass is 10.2. The number of alkyl halides is 2. The van der Waals surface area contributed by atoms with Crippen LogP contribution in [-0.2, 0) is 4.79 Å². The minimum absolute atomic E-state index is 0.0315. The highest BCUT2D eigenvalue weighted by Crippen LogP contribution is 2.27. The number of aromatic nitrogens is 2. The molecule has 1 atom stereocenters. The Hall–Kier alpha value is -3.24. The number of carbonyl (C=O) groups excluding carboxylic acids is 1. The summed E-state index contributed by atoms with van der Waals surface area (Å²) in [6, 6.07) is 3.19. The molecule has 1 unspecified atom stereocenters. The summed E-state index contributed by atoms with van der Waals surface area (Å²) in [5, 5.41) is 17.4. The Kier molecular flexibility index (Phi) is 5.70. The molecule has 0 aliphatic heterocycles. The van der Waals surface area contributed by atoms with Crippen LogP contribution in [0.4, 0.5) is 20.2 Å². The van der Waals surface area contributed by atoms with Crippen molar-refractivity contribution in [3.8, 4) is 11.6 Å². The summed E-state index contributed by atoms with van der Waals surface area (Å²) in [6.45, 7) is 0.163. The van der Waals surface area contributed by atoms with Crippen LogP contribution in [0.3, 0.4) is 0 Å². The van der Waals surface area contributed by atoms with Crippen molar-refractivity contribution < 1.29 is 28.0 Å². The smallest absolute Gasteiger partial charge is 0.387 e. The van der Waals surface area contributed by atoms with E-state index in [0.29, 0.717) is 11.3 Å². The van der Waals surface area contributed by atoms with Crippen LogP contribution < -0.4 is 14.8 Å². The van der Waals surface area contributed by atoms with E-state index >= 15 is 0 Å². The Balaban J connectivity index is 2.15. The number of carbonyl (C=O) groups is 1. The number of halogens is 2. The lowest BCUT2D eigenvalue weighted by Crippen LogP contribution is -2.24. The lowest BCUT2D eigenvalue weighted by Gasteiger charge is -2.14. The van der Waals surface area contributed by atoms with E-state index in [9.17, 15) is 23.7 Å². The van der Waals surface area contributed by atoms with Gasteiger partial charge in [0.05, 0.1) is 12.0 Å². The molecule has 2 rings (SSSR count). The van der Waals surface area contributed by atoms with Crippen LogP contribution in [0.25, 0.3) is 0 Å². The first-order chi connectivity index (χ1) is 12.2. The van der Waals surface area contributed by atoms with E-state index < -0.39 is 23.5 Å². The molecular weight excluding hydrogens is 354 g/mol. The van der Waals surface area contributed by atoms with Gasteiger partial charge in [-0.05, 0) is 37.6 Å². The average Bonchev–Trinajstić information content (AvgIpc) is 3.00. The normalized spacial score (nSPS) is 11.9. The zero-order valence-electron chi connectivity index (χ0n) is 14.1. The molecule has 2 aromatic rings. The number of nitrogens with zero attached hydrogens (tertiary/aromatic N) is 3. The highest BCUT2D eigenvalue weighted by atomic mass is 19.3. The first kappa shape index (κ1) is 19.1. The van der Waals surface area contributed by atoms with E-state index in [4.69, 9.17) is 4.74 Å². The number of nitrogens with one attached hydrogen (secondary N) is 1. The summed E-state index contributed by atoms with van der Waals surface area (Å²) >= 11 is 0. The van der Waals surface area contributed by atoms with Crippen molar-refractivity contribution >= 4 is 17.3 Å². The van der Waals surface area contributed by atoms with E-state index in [1.807, 2.05) is 0 Å². The van der Waals surface area contributed by atoms with Gasteiger partial charge in [0.15, 0.2) is 0 Å². The van der Waals surface area contributed by atoms with Crippen molar-refractivity contribution in [3.63, 3.8) is 0 Å². The van der Waals surface area contributed by atoms with Crippen LogP contribution in [0.15, 0.2) is 24.4 Å². The molecule has 1 aromatic carbocycles. The fourth-order valence-electron chi connectivity index (χ4n) is 2.14. The molecule has 26 heavy (non-hydrogen) atoms. The van der Waals surface area contributed by atoms with Crippen molar-refractivity contribution in [2.24, 2.45) is 0 Å². The Morgan fingerprint density at radius 3 is 2.62 bits per heavy atom. The molecule has 1 amide bonds. The quantitative estimate of drug-likeness (QED) is 0.593. The molecule has 0 spiro atoms. The monoisotopic (exact) mass is 370 g/mol. The molecule has 1 aromatic heterocycles. The number of methoxy groups -OCH3 is 1. The van der Waals surface area contributed by atoms with Crippen LogP contribution in [0.2, 0.25) is 0 Å². The number of amides is 1. The molecule has 0 aliphatic carbocycles. The topological polar surface area (TPSA) is 109 Å². The zero-order chi connectivity index (χ0) is 19.4.